The quantitative estimate of drug-likeness (QED) is 0.135. The summed E-state index contributed by atoms with van der Waals surface area (Å²) in [6, 6.07) is 17.6. The fourth-order valence-electron chi connectivity index (χ4n) is 7.85. The van der Waals surface area contributed by atoms with E-state index in [9.17, 15) is 24.3 Å². The van der Waals surface area contributed by atoms with Gasteiger partial charge in [-0.2, -0.15) is 9.97 Å². The summed E-state index contributed by atoms with van der Waals surface area (Å²) in [6.07, 6.45) is 6.69. The maximum atomic E-state index is 13.0. The first-order valence-electron chi connectivity index (χ1n) is 21.3. The summed E-state index contributed by atoms with van der Waals surface area (Å²) in [7, 11) is -2.01. The van der Waals surface area contributed by atoms with Crippen LogP contribution in [-0.2, 0) is 13.9 Å². The molecular weight excluding hydrogens is 793 g/mol. The molecule has 4 fully saturated rings. The molecule has 4 aliphatic rings. The number of carbonyl (C=O) groups excluding carboxylic acids is 2. The monoisotopic (exact) mass is 852 g/mol. The van der Waals surface area contributed by atoms with E-state index in [1.54, 1.807) is 72.4 Å². The Labute approximate surface area is 358 Å². The molecule has 326 valence electrons. The standard InChI is InChI=1S/C26H37N3O4Si.C20H23N3O4/c1-17-16-29(24(31)28-22(17)27-23(30)18-11-9-8-10-12-18)20-15-19(21(32-20)26(5)13-14-26)33-34(6,7)25(2,3)4;1-12-11-23(15-10-14(24)16(27-15)20(2)8-9-20)19(26)22-17(12)21-18(25)13-6-4-3-5-7-13/h8-12,16,19-21H,13-15H2,1-7H3,(H,27,28,30,31);3-7,11,14-16,24H,8-10H2,1-2H3,(H,21,22,25,26)/t19?,20-,21+;14?,15-,16+/m11/s1. The molecule has 14 nitrogen and oxygen atoms in total. The Balaban J connectivity index is 0.000000189. The van der Waals surface area contributed by atoms with Crippen LogP contribution in [0.15, 0.2) is 82.6 Å². The van der Waals surface area contributed by atoms with Crippen LogP contribution in [0.5, 0.6) is 0 Å². The van der Waals surface area contributed by atoms with Gasteiger partial charge in [0.15, 0.2) is 8.32 Å². The minimum absolute atomic E-state index is 0.00382. The normalized spacial score (nSPS) is 25.0. The third kappa shape index (κ3) is 9.65. The van der Waals surface area contributed by atoms with Gasteiger partial charge in [-0.25, -0.2) is 9.59 Å². The van der Waals surface area contributed by atoms with Gasteiger partial charge in [-0.3, -0.25) is 18.7 Å². The van der Waals surface area contributed by atoms with Crippen molar-refractivity contribution in [2.75, 3.05) is 10.6 Å². The molecular formula is C46H60N6O8Si. The summed E-state index contributed by atoms with van der Waals surface area (Å²) in [4.78, 5) is 58.6. The number of hydrogen-bond acceptors (Lipinski definition) is 10. The molecule has 3 N–H and O–H groups in total. The average Bonchev–Trinajstić information content (AvgIpc) is 4.05. The second-order valence-electron chi connectivity index (χ2n) is 19.4. The van der Waals surface area contributed by atoms with Gasteiger partial charge in [0.05, 0.1) is 24.4 Å². The third-order valence-corrected chi connectivity index (χ3v) is 17.8. The first-order valence-corrected chi connectivity index (χ1v) is 24.2. The predicted molar refractivity (Wildman–Crippen MR) is 235 cm³/mol. The van der Waals surface area contributed by atoms with Crippen LogP contribution in [0.2, 0.25) is 18.1 Å². The number of hydrogen-bond donors (Lipinski definition) is 3. The number of nitrogens with one attached hydrogen (secondary N) is 2. The van der Waals surface area contributed by atoms with Crippen LogP contribution in [0, 0.1) is 24.7 Å². The maximum absolute atomic E-state index is 13.0. The minimum Gasteiger partial charge on any atom is -0.411 e. The zero-order chi connectivity index (χ0) is 44.1. The third-order valence-electron chi connectivity index (χ3n) is 13.3. The largest absolute Gasteiger partial charge is 0.411 e. The van der Waals surface area contributed by atoms with E-state index in [-0.39, 0.29) is 57.6 Å². The van der Waals surface area contributed by atoms with Crippen molar-refractivity contribution < 1.29 is 28.6 Å². The van der Waals surface area contributed by atoms with Crippen LogP contribution in [0.4, 0.5) is 11.6 Å². The topological polar surface area (TPSA) is 176 Å². The zero-order valence-electron chi connectivity index (χ0n) is 36.7. The number of amides is 2. The minimum atomic E-state index is -2.01. The first-order chi connectivity index (χ1) is 28.7. The predicted octanol–water partition coefficient (Wildman–Crippen LogP) is 7.53. The second kappa shape index (κ2) is 16.8. The fraction of sp³-hybridized carbons (Fsp3) is 0.522. The summed E-state index contributed by atoms with van der Waals surface area (Å²) < 4.78 is 22.3. The maximum Gasteiger partial charge on any atom is 0.351 e. The highest BCUT2D eigenvalue weighted by Gasteiger charge is 2.56. The van der Waals surface area contributed by atoms with E-state index in [0.717, 1.165) is 25.7 Å². The van der Waals surface area contributed by atoms with Crippen LogP contribution in [0.1, 0.15) is 117 Å². The molecule has 2 unspecified atom stereocenters. The Kier molecular flexibility index (Phi) is 12.2. The number of aromatic nitrogens is 4. The smallest absolute Gasteiger partial charge is 0.351 e. The van der Waals surface area contributed by atoms with Gasteiger partial charge in [0.2, 0.25) is 0 Å². The van der Waals surface area contributed by atoms with Gasteiger partial charge >= 0.3 is 11.4 Å². The van der Waals surface area contributed by atoms with Gasteiger partial charge < -0.3 is 29.6 Å². The molecule has 0 radical (unpaired) electrons. The molecule has 8 rings (SSSR count). The van der Waals surface area contributed by atoms with Crippen molar-refractivity contribution in [1.82, 2.24) is 19.1 Å². The highest BCUT2D eigenvalue weighted by molar-refractivity contribution is 6.74. The number of anilines is 2. The van der Waals surface area contributed by atoms with E-state index in [2.05, 4.69) is 68.3 Å². The van der Waals surface area contributed by atoms with Crippen LogP contribution in [0.3, 0.4) is 0 Å². The second-order valence-corrected chi connectivity index (χ2v) is 24.1. The molecule has 2 amide bonds. The van der Waals surface area contributed by atoms with E-state index in [4.69, 9.17) is 13.9 Å². The number of rotatable bonds is 10. The Morgan fingerprint density at radius 1 is 0.738 bits per heavy atom. The van der Waals surface area contributed by atoms with Crippen molar-refractivity contribution >= 4 is 31.8 Å². The first kappa shape index (κ1) is 44.3. The van der Waals surface area contributed by atoms with Gasteiger partial charge in [-0.05, 0) is 92.8 Å². The SMILES string of the molecule is Cc1cn([C@H]2CC(O)[C@@H](C3(C)CC3)O2)c(=O)nc1NC(=O)c1ccccc1.Cc1cn([C@H]2CC(O[Si](C)(C)C(C)(C)C)[C@@H](C3(C)CC3)O2)c(=O)nc1NC(=O)c1ccccc1. The van der Waals surface area contributed by atoms with Crippen LogP contribution >= 0.6 is 0 Å². The summed E-state index contributed by atoms with van der Waals surface area (Å²) in [6.45, 7) is 19.2. The van der Waals surface area contributed by atoms with E-state index < -0.39 is 38.3 Å². The summed E-state index contributed by atoms with van der Waals surface area (Å²) in [5.41, 5.74) is 1.51. The van der Waals surface area contributed by atoms with Crippen LogP contribution < -0.4 is 22.0 Å². The van der Waals surface area contributed by atoms with E-state index in [1.807, 2.05) is 19.1 Å². The number of aliphatic hydroxyl groups excluding tert-OH is 1. The lowest BCUT2D eigenvalue weighted by molar-refractivity contribution is -0.0545. The van der Waals surface area contributed by atoms with Gasteiger partial charge in [-0.1, -0.05) is 71.0 Å². The molecule has 15 heteroatoms. The number of aryl methyl sites for hydroxylation is 2. The number of nitrogens with zero attached hydrogens (tertiary/aromatic N) is 4. The molecule has 4 aromatic rings. The number of benzene rings is 2. The van der Waals surface area contributed by atoms with Crippen molar-refractivity contribution in [3.05, 3.63) is 116 Å². The summed E-state index contributed by atoms with van der Waals surface area (Å²) >= 11 is 0. The lowest BCUT2D eigenvalue weighted by Crippen LogP contribution is -2.47. The van der Waals surface area contributed by atoms with Gasteiger partial charge in [0.25, 0.3) is 11.8 Å². The average molecular weight is 853 g/mol. The molecule has 2 saturated carbocycles. The molecule has 2 saturated heterocycles. The molecule has 0 spiro atoms. The van der Waals surface area contributed by atoms with Crippen molar-refractivity contribution in [2.24, 2.45) is 10.8 Å². The highest BCUT2D eigenvalue weighted by atomic mass is 28.4. The number of aliphatic hydroxyl groups is 1. The Hall–Kier alpha value is -4.80. The number of ether oxygens (including phenoxy) is 2. The molecule has 2 aliphatic carbocycles. The summed E-state index contributed by atoms with van der Waals surface area (Å²) in [5, 5.41) is 15.9. The van der Waals surface area contributed by atoms with Crippen LogP contribution in [-0.4, -0.2) is 68.8 Å². The molecule has 2 aromatic carbocycles. The van der Waals surface area contributed by atoms with Crippen molar-refractivity contribution in [3.63, 3.8) is 0 Å². The van der Waals surface area contributed by atoms with Gasteiger partial charge in [-0.15, -0.1) is 0 Å². The lowest BCUT2D eigenvalue weighted by Gasteiger charge is -2.40. The Morgan fingerprint density at radius 2 is 1.15 bits per heavy atom. The summed E-state index contributed by atoms with van der Waals surface area (Å²) in [5.74, 6) is -0.116. The van der Waals surface area contributed by atoms with Crippen LogP contribution in [0.25, 0.3) is 0 Å². The fourth-order valence-corrected chi connectivity index (χ4v) is 9.18. The van der Waals surface area contributed by atoms with Gasteiger partial charge in [0, 0.05) is 47.5 Å². The Morgan fingerprint density at radius 3 is 1.57 bits per heavy atom. The molecule has 6 atom stereocenters. The van der Waals surface area contributed by atoms with Crippen molar-refractivity contribution in [1.29, 1.82) is 0 Å². The van der Waals surface area contributed by atoms with Crippen molar-refractivity contribution in [2.45, 2.75) is 142 Å². The molecule has 0 bridgehead atoms. The highest BCUT2D eigenvalue weighted by Crippen LogP contribution is 2.56. The number of carbonyl (C=O) groups is 2. The molecule has 2 aromatic heterocycles. The Bertz CT molecular complexity index is 2370. The molecule has 4 heterocycles. The van der Waals surface area contributed by atoms with E-state index in [1.165, 1.54) is 4.57 Å². The van der Waals surface area contributed by atoms with Crippen molar-refractivity contribution in [3.8, 4) is 0 Å². The van der Waals surface area contributed by atoms with Gasteiger partial charge in [0.1, 0.15) is 24.1 Å². The van der Waals surface area contributed by atoms with E-state index >= 15 is 0 Å². The molecule has 2 aliphatic heterocycles. The van der Waals surface area contributed by atoms with E-state index in [0.29, 0.717) is 35.1 Å². The molecule has 61 heavy (non-hydrogen) atoms. The lowest BCUT2D eigenvalue weighted by atomic mass is 9.97. The zero-order valence-corrected chi connectivity index (χ0v) is 37.7.